The minimum Gasteiger partial charge on any atom is -0.464 e. The number of anilines is 1. The van der Waals surface area contributed by atoms with Crippen LogP contribution in [0.5, 0.6) is 0 Å². The van der Waals surface area contributed by atoms with Crippen LogP contribution in [0, 0.1) is 0 Å². The lowest BCUT2D eigenvalue weighted by molar-refractivity contribution is 0.0595. The fraction of sp³-hybridized carbons (Fsp3) is 0.0667. The molecule has 0 amide bonds. The third-order valence-electron chi connectivity index (χ3n) is 3.25. The largest absolute Gasteiger partial charge is 0.464 e. The zero-order valence-corrected chi connectivity index (χ0v) is 13.2. The number of hydrogen-bond donors (Lipinski definition) is 2. The maximum Gasteiger partial charge on any atom is 0.354 e. The average molecular weight is 338 g/mol. The summed E-state index contributed by atoms with van der Waals surface area (Å²) < 4.78 is 4.72. The average Bonchev–Trinajstić information content (AvgIpc) is 2.94. The van der Waals surface area contributed by atoms with Crippen LogP contribution in [0.4, 0.5) is 5.82 Å². The summed E-state index contributed by atoms with van der Waals surface area (Å²) in [7, 11) is 1.33. The first kappa shape index (κ1) is 16.1. The van der Waals surface area contributed by atoms with Crippen LogP contribution in [0.15, 0.2) is 36.5 Å². The van der Waals surface area contributed by atoms with E-state index in [4.69, 9.17) is 22.1 Å². The van der Waals surface area contributed by atoms with Gasteiger partial charge in [-0.3, -0.25) is 0 Å². The minimum absolute atomic E-state index is 0. The van der Waals surface area contributed by atoms with Crippen LogP contribution in [-0.2, 0) is 4.74 Å². The summed E-state index contributed by atoms with van der Waals surface area (Å²) in [6, 6.07) is 8.97. The van der Waals surface area contributed by atoms with Crippen molar-refractivity contribution in [1.82, 2.24) is 9.97 Å². The van der Waals surface area contributed by atoms with Crippen molar-refractivity contribution in [2.45, 2.75) is 0 Å². The number of H-pyrrole nitrogens is 1. The number of nitrogen functional groups attached to an aromatic ring is 1. The van der Waals surface area contributed by atoms with Gasteiger partial charge in [0.2, 0.25) is 0 Å². The number of halogens is 2. The zero-order chi connectivity index (χ0) is 15.0. The number of carbonyl (C=O) groups excluding carboxylic acids is 1. The van der Waals surface area contributed by atoms with Gasteiger partial charge in [0.1, 0.15) is 11.5 Å². The number of carbonyl (C=O) groups is 1. The molecule has 0 saturated carbocycles. The number of nitrogens with two attached hydrogens (primary N) is 1. The van der Waals surface area contributed by atoms with Gasteiger partial charge in [0, 0.05) is 17.1 Å². The Bertz CT molecular complexity index is 829. The summed E-state index contributed by atoms with van der Waals surface area (Å²) in [6.45, 7) is 0. The highest BCUT2D eigenvalue weighted by Gasteiger charge is 2.15. The molecule has 2 heterocycles. The highest BCUT2D eigenvalue weighted by molar-refractivity contribution is 6.35. The molecule has 5 nitrogen and oxygen atoms in total. The molecule has 22 heavy (non-hydrogen) atoms. The smallest absolute Gasteiger partial charge is 0.354 e. The van der Waals surface area contributed by atoms with Crippen molar-refractivity contribution in [3.8, 4) is 11.1 Å². The van der Waals surface area contributed by atoms with Crippen molar-refractivity contribution >= 4 is 46.7 Å². The topological polar surface area (TPSA) is 81.0 Å². The number of methoxy groups -OCH3 is 1. The van der Waals surface area contributed by atoms with E-state index in [9.17, 15) is 4.79 Å². The van der Waals surface area contributed by atoms with Gasteiger partial charge in [0.25, 0.3) is 0 Å². The zero-order valence-electron chi connectivity index (χ0n) is 11.6. The van der Waals surface area contributed by atoms with Gasteiger partial charge >= 0.3 is 5.97 Å². The lowest BCUT2D eigenvalue weighted by atomic mass is 10.0. The SMILES string of the molecule is COC(=O)c1cc2c(-c3ccc(N)nc3)ccc(Cl)c2[nH]1.Cl. The summed E-state index contributed by atoms with van der Waals surface area (Å²) in [6.07, 6.45) is 1.68. The van der Waals surface area contributed by atoms with Gasteiger partial charge in [-0.1, -0.05) is 17.7 Å². The first-order chi connectivity index (χ1) is 10.1. The number of pyridine rings is 1. The van der Waals surface area contributed by atoms with Crippen molar-refractivity contribution in [3.05, 3.63) is 47.2 Å². The molecule has 7 heteroatoms. The van der Waals surface area contributed by atoms with E-state index in [0.717, 1.165) is 16.5 Å². The van der Waals surface area contributed by atoms with Gasteiger partial charge in [-0.15, -0.1) is 12.4 Å². The fourth-order valence-corrected chi connectivity index (χ4v) is 2.43. The Balaban J connectivity index is 0.00000176. The third kappa shape index (κ3) is 2.73. The van der Waals surface area contributed by atoms with Crippen LogP contribution in [-0.4, -0.2) is 23.0 Å². The van der Waals surface area contributed by atoms with Gasteiger partial charge in [-0.2, -0.15) is 0 Å². The first-order valence-corrected chi connectivity index (χ1v) is 6.59. The molecule has 1 aromatic carbocycles. The lowest BCUT2D eigenvalue weighted by Gasteiger charge is -2.04. The maximum absolute atomic E-state index is 11.7. The highest BCUT2D eigenvalue weighted by atomic mass is 35.5. The van der Waals surface area contributed by atoms with Crippen LogP contribution in [0.2, 0.25) is 5.02 Å². The van der Waals surface area contributed by atoms with Crippen LogP contribution in [0.3, 0.4) is 0 Å². The summed E-state index contributed by atoms with van der Waals surface area (Å²) in [4.78, 5) is 18.7. The second-order valence-corrected chi connectivity index (χ2v) is 4.94. The third-order valence-corrected chi connectivity index (χ3v) is 3.56. The van der Waals surface area contributed by atoms with E-state index in [1.54, 1.807) is 24.4 Å². The monoisotopic (exact) mass is 337 g/mol. The molecule has 3 rings (SSSR count). The van der Waals surface area contributed by atoms with Gasteiger partial charge in [0.15, 0.2) is 0 Å². The number of nitrogens with zero attached hydrogens (tertiary/aromatic N) is 1. The number of aromatic nitrogens is 2. The number of aromatic amines is 1. The number of esters is 1. The van der Waals surface area contributed by atoms with E-state index >= 15 is 0 Å². The molecule has 0 aliphatic heterocycles. The molecule has 0 fully saturated rings. The lowest BCUT2D eigenvalue weighted by Crippen LogP contribution is -2.00. The number of fused-ring (bicyclic) bond motifs is 1. The van der Waals surface area contributed by atoms with Crippen molar-refractivity contribution in [3.63, 3.8) is 0 Å². The predicted octanol–water partition coefficient (Wildman–Crippen LogP) is 3.67. The Morgan fingerprint density at radius 2 is 2.09 bits per heavy atom. The molecule has 0 spiro atoms. The first-order valence-electron chi connectivity index (χ1n) is 6.21. The highest BCUT2D eigenvalue weighted by Crippen LogP contribution is 2.33. The van der Waals surface area contributed by atoms with Crippen molar-refractivity contribution < 1.29 is 9.53 Å². The molecule has 2 aromatic heterocycles. The molecule has 0 aliphatic carbocycles. The van der Waals surface area contributed by atoms with Gasteiger partial charge < -0.3 is 15.5 Å². The normalized spacial score (nSPS) is 10.3. The number of nitrogens with one attached hydrogen (secondary N) is 1. The molecule has 3 N–H and O–H groups in total. The maximum atomic E-state index is 11.7. The summed E-state index contributed by atoms with van der Waals surface area (Å²) in [5, 5.41) is 1.36. The van der Waals surface area contributed by atoms with Crippen LogP contribution >= 0.6 is 24.0 Å². The Kier molecular flexibility index (Phi) is 4.59. The van der Waals surface area contributed by atoms with E-state index < -0.39 is 5.97 Å². The van der Waals surface area contributed by atoms with E-state index in [0.29, 0.717) is 22.1 Å². The Labute approximate surface area is 137 Å². The molecule has 0 unspecified atom stereocenters. The van der Waals surface area contributed by atoms with Gasteiger partial charge in [0.05, 0.1) is 17.6 Å². The van der Waals surface area contributed by atoms with Crippen LogP contribution in [0.1, 0.15) is 10.5 Å². The summed E-state index contributed by atoms with van der Waals surface area (Å²) in [5.41, 5.74) is 8.44. The molecular weight excluding hydrogens is 325 g/mol. The molecule has 0 bridgehead atoms. The quantitative estimate of drug-likeness (QED) is 0.699. The van der Waals surface area contributed by atoms with Crippen molar-refractivity contribution in [2.75, 3.05) is 12.8 Å². The Hall–Kier alpha value is -2.24. The molecule has 3 aromatic rings. The van der Waals surface area contributed by atoms with Crippen molar-refractivity contribution in [1.29, 1.82) is 0 Å². The second-order valence-electron chi connectivity index (χ2n) is 4.53. The van der Waals surface area contributed by atoms with Crippen LogP contribution in [0.25, 0.3) is 22.0 Å². The van der Waals surface area contributed by atoms with E-state index in [1.165, 1.54) is 7.11 Å². The summed E-state index contributed by atoms with van der Waals surface area (Å²) in [5.74, 6) is 0.0110. The Morgan fingerprint density at radius 1 is 1.32 bits per heavy atom. The second kappa shape index (κ2) is 6.25. The number of rotatable bonds is 2. The molecule has 0 saturated heterocycles. The molecule has 114 valence electrons. The molecular formula is C15H13Cl2N3O2. The van der Waals surface area contributed by atoms with Crippen LogP contribution < -0.4 is 5.73 Å². The Morgan fingerprint density at radius 3 is 2.73 bits per heavy atom. The van der Waals surface area contributed by atoms with Gasteiger partial charge in [-0.25, -0.2) is 9.78 Å². The standard InChI is InChI=1S/C15H12ClN3O2.ClH/c1-21-15(20)12-6-10-9(3-4-11(16)14(10)19-12)8-2-5-13(17)18-7-8;/h2-7,19H,1H3,(H2,17,18);1H. The van der Waals surface area contributed by atoms with E-state index in [2.05, 4.69) is 9.97 Å². The number of hydrogen-bond acceptors (Lipinski definition) is 4. The fourth-order valence-electron chi connectivity index (χ4n) is 2.22. The number of benzene rings is 1. The predicted molar refractivity (Wildman–Crippen MR) is 89.5 cm³/mol. The molecule has 0 radical (unpaired) electrons. The van der Waals surface area contributed by atoms with E-state index in [1.807, 2.05) is 12.1 Å². The molecule has 0 atom stereocenters. The minimum atomic E-state index is -0.441. The number of ether oxygens (including phenoxy) is 1. The molecule has 0 aliphatic rings. The summed E-state index contributed by atoms with van der Waals surface area (Å²) >= 11 is 6.18. The van der Waals surface area contributed by atoms with E-state index in [-0.39, 0.29) is 12.4 Å². The van der Waals surface area contributed by atoms with Crippen molar-refractivity contribution in [2.24, 2.45) is 0 Å². The van der Waals surface area contributed by atoms with Gasteiger partial charge in [-0.05, 0) is 29.8 Å².